The van der Waals surface area contributed by atoms with Crippen LogP contribution < -0.4 is 16.5 Å². The maximum absolute atomic E-state index is 10.6. The number of aromatic nitrogens is 1. The molecular weight excluding hydrogens is 156 g/mol. The zero-order valence-electron chi connectivity index (χ0n) is 6.67. The van der Waals surface area contributed by atoms with E-state index in [0.29, 0.717) is 0 Å². The van der Waals surface area contributed by atoms with E-state index in [1.807, 2.05) is 6.08 Å². The summed E-state index contributed by atoms with van der Waals surface area (Å²) in [4.78, 5) is 21.2. The summed E-state index contributed by atoms with van der Waals surface area (Å²) in [6, 6.07) is 0. The summed E-state index contributed by atoms with van der Waals surface area (Å²) in [6.45, 7) is 0. The van der Waals surface area contributed by atoms with Crippen molar-refractivity contribution >= 4 is 0 Å². The van der Waals surface area contributed by atoms with E-state index in [-0.39, 0.29) is 0 Å². The molecule has 0 amide bonds. The maximum atomic E-state index is 10.6. The molecule has 12 heavy (non-hydrogen) atoms. The lowest BCUT2D eigenvalue weighted by atomic mass is 10.1. The van der Waals surface area contributed by atoms with Crippen LogP contribution in [0.2, 0.25) is 0 Å². The van der Waals surface area contributed by atoms with Gasteiger partial charge in [-0.3, -0.25) is 15.0 Å². The van der Waals surface area contributed by atoms with Gasteiger partial charge in [0, 0.05) is 5.70 Å². The SMILES string of the molecule is O=c1c(=O)n1NC1=CCCCC1. The summed E-state index contributed by atoms with van der Waals surface area (Å²) in [7, 11) is 0. The quantitative estimate of drug-likeness (QED) is 0.633. The van der Waals surface area contributed by atoms with Crippen molar-refractivity contribution < 1.29 is 0 Å². The van der Waals surface area contributed by atoms with Crippen molar-refractivity contribution in [3.8, 4) is 0 Å². The predicted octanol–water partition coefficient (Wildman–Crippen LogP) is 0.0855. The zero-order valence-corrected chi connectivity index (χ0v) is 6.67. The van der Waals surface area contributed by atoms with E-state index in [4.69, 9.17) is 0 Å². The number of rotatable bonds is 2. The van der Waals surface area contributed by atoms with E-state index in [1.165, 1.54) is 6.42 Å². The van der Waals surface area contributed by atoms with Gasteiger partial charge in [-0.05, 0) is 25.7 Å². The van der Waals surface area contributed by atoms with Crippen molar-refractivity contribution in [1.29, 1.82) is 0 Å². The van der Waals surface area contributed by atoms with Crippen LogP contribution in [0.4, 0.5) is 0 Å². The fraction of sp³-hybridized carbons (Fsp3) is 0.500. The summed E-state index contributed by atoms with van der Waals surface area (Å²) in [5, 5.41) is 0. The first-order valence-corrected chi connectivity index (χ1v) is 4.13. The molecule has 0 unspecified atom stereocenters. The lowest BCUT2D eigenvalue weighted by Crippen LogP contribution is -2.14. The third-order valence-electron chi connectivity index (χ3n) is 2.09. The highest BCUT2D eigenvalue weighted by Gasteiger charge is 2.16. The standard InChI is InChI=1S/C8H10N2O2/c11-7-8(12)10(7)9-6-4-2-1-3-5-6/h4,9H,1-3,5H2. The van der Waals surface area contributed by atoms with Crippen LogP contribution in [0, 0.1) is 0 Å². The van der Waals surface area contributed by atoms with Crippen LogP contribution in [0.1, 0.15) is 25.7 Å². The zero-order chi connectivity index (χ0) is 8.55. The average Bonchev–Trinajstić information content (AvgIpc) is 2.65. The van der Waals surface area contributed by atoms with E-state index in [2.05, 4.69) is 5.43 Å². The Morgan fingerprint density at radius 1 is 1.25 bits per heavy atom. The second-order valence-electron chi connectivity index (χ2n) is 3.03. The Bertz CT molecular complexity index is 357. The molecule has 1 aliphatic rings. The van der Waals surface area contributed by atoms with E-state index in [1.54, 1.807) is 0 Å². The fourth-order valence-electron chi connectivity index (χ4n) is 1.32. The van der Waals surface area contributed by atoms with E-state index in [0.717, 1.165) is 29.6 Å². The fourth-order valence-corrected chi connectivity index (χ4v) is 1.32. The lowest BCUT2D eigenvalue weighted by Gasteiger charge is -2.11. The monoisotopic (exact) mass is 166 g/mol. The summed E-state index contributed by atoms with van der Waals surface area (Å²) in [5.41, 5.74) is 2.93. The maximum Gasteiger partial charge on any atom is 0.340 e. The normalized spacial score (nSPS) is 17.8. The second-order valence-corrected chi connectivity index (χ2v) is 3.03. The number of nitrogens with one attached hydrogen (secondary N) is 1. The van der Waals surface area contributed by atoms with Gasteiger partial charge < -0.3 is 0 Å². The minimum atomic E-state index is -0.429. The predicted molar refractivity (Wildman–Crippen MR) is 45.3 cm³/mol. The molecule has 4 nitrogen and oxygen atoms in total. The van der Waals surface area contributed by atoms with Crippen molar-refractivity contribution in [2.45, 2.75) is 25.7 Å². The topological polar surface area (TPSA) is 51.1 Å². The summed E-state index contributed by atoms with van der Waals surface area (Å²) in [5.74, 6) is 0. The smallest absolute Gasteiger partial charge is 0.292 e. The average molecular weight is 166 g/mol. The number of nitrogens with zero attached hydrogens (tertiary/aromatic N) is 1. The van der Waals surface area contributed by atoms with Gasteiger partial charge in [0.2, 0.25) is 0 Å². The Kier molecular flexibility index (Phi) is 1.60. The van der Waals surface area contributed by atoms with Gasteiger partial charge in [0.1, 0.15) is 0 Å². The molecule has 0 bridgehead atoms. The van der Waals surface area contributed by atoms with Crippen molar-refractivity contribution in [2.75, 3.05) is 5.43 Å². The summed E-state index contributed by atoms with van der Waals surface area (Å²) < 4.78 is 1.05. The van der Waals surface area contributed by atoms with E-state index in [9.17, 15) is 9.59 Å². The number of hydrogen-bond donors (Lipinski definition) is 1. The van der Waals surface area contributed by atoms with Gasteiger partial charge >= 0.3 is 11.1 Å². The van der Waals surface area contributed by atoms with Crippen molar-refractivity contribution in [1.82, 2.24) is 4.68 Å². The molecule has 0 aliphatic heterocycles. The first-order valence-electron chi connectivity index (χ1n) is 4.13. The third-order valence-corrected chi connectivity index (χ3v) is 2.09. The molecule has 0 saturated heterocycles. The molecule has 1 aromatic heterocycles. The Morgan fingerprint density at radius 2 is 2.00 bits per heavy atom. The van der Waals surface area contributed by atoms with Crippen LogP contribution in [-0.2, 0) is 0 Å². The molecule has 1 aliphatic carbocycles. The Hall–Kier alpha value is -1.32. The molecule has 0 radical (unpaired) electrons. The first-order chi connectivity index (χ1) is 5.79. The Morgan fingerprint density at radius 3 is 2.50 bits per heavy atom. The molecule has 2 rings (SSSR count). The largest absolute Gasteiger partial charge is 0.340 e. The molecular formula is C8H10N2O2. The van der Waals surface area contributed by atoms with Gasteiger partial charge in [-0.25, -0.2) is 0 Å². The van der Waals surface area contributed by atoms with Crippen molar-refractivity contribution in [3.63, 3.8) is 0 Å². The summed E-state index contributed by atoms with van der Waals surface area (Å²) in [6.07, 6.45) is 6.36. The molecule has 64 valence electrons. The molecule has 0 aromatic carbocycles. The molecule has 1 N–H and O–H groups in total. The van der Waals surface area contributed by atoms with Gasteiger partial charge in [-0.15, -0.1) is 0 Å². The molecule has 0 spiro atoms. The molecule has 4 heteroatoms. The van der Waals surface area contributed by atoms with E-state index >= 15 is 0 Å². The molecule has 1 heterocycles. The van der Waals surface area contributed by atoms with Gasteiger partial charge in [0.05, 0.1) is 0 Å². The van der Waals surface area contributed by atoms with Gasteiger partial charge in [-0.1, -0.05) is 6.08 Å². The number of allylic oxidation sites excluding steroid dienone is 2. The van der Waals surface area contributed by atoms with Crippen LogP contribution in [0.25, 0.3) is 0 Å². The Labute approximate surface area is 69.2 Å². The van der Waals surface area contributed by atoms with Crippen molar-refractivity contribution in [3.05, 3.63) is 32.5 Å². The summed E-state index contributed by atoms with van der Waals surface area (Å²) >= 11 is 0. The molecule has 1 aromatic rings. The van der Waals surface area contributed by atoms with E-state index < -0.39 is 11.1 Å². The van der Waals surface area contributed by atoms with Crippen molar-refractivity contribution in [2.24, 2.45) is 0 Å². The lowest BCUT2D eigenvalue weighted by molar-refractivity contribution is 0.689. The highest BCUT2D eigenvalue weighted by atomic mass is 16.2. The van der Waals surface area contributed by atoms with Crippen LogP contribution >= 0.6 is 0 Å². The highest BCUT2D eigenvalue weighted by Crippen LogP contribution is 2.15. The highest BCUT2D eigenvalue weighted by molar-refractivity contribution is 5.14. The third kappa shape index (κ3) is 1.20. The molecule has 0 atom stereocenters. The minimum Gasteiger partial charge on any atom is -0.292 e. The van der Waals surface area contributed by atoms with Gasteiger partial charge in [0.15, 0.2) is 0 Å². The van der Waals surface area contributed by atoms with Crippen LogP contribution in [0.3, 0.4) is 0 Å². The first kappa shape index (κ1) is 7.34. The van der Waals surface area contributed by atoms with Gasteiger partial charge in [-0.2, -0.15) is 4.68 Å². The molecule has 0 fully saturated rings. The molecule has 0 saturated carbocycles. The second kappa shape index (κ2) is 2.62. The van der Waals surface area contributed by atoms with Crippen LogP contribution in [-0.4, -0.2) is 4.68 Å². The van der Waals surface area contributed by atoms with Crippen LogP contribution in [0.15, 0.2) is 21.4 Å². The Balaban J connectivity index is 2.04. The minimum absolute atomic E-state index is 0.429. The number of hydrogen-bond acceptors (Lipinski definition) is 3. The van der Waals surface area contributed by atoms with Crippen LogP contribution in [0.5, 0.6) is 0 Å². The van der Waals surface area contributed by atoms with Gasteiger partial charge in [0.25, 0.3) is 0 Å².